The van der Waals surface area contributed by atoms with Crippen LogP contribution in [0.15, 0.2) is 35.7 Å². The Labute approximate surface area is 198 Å². The first-order valence-corrected chi connectivity index (χ1v) is 12.1. The fourth-order valence-corrected chi connectivity index (χ4v) is 4.73. The Bertz CT molecular complexity index is 988. The molecule has 8 nitrogen and oxygen atoms in total. The van der Waals surface area contributed by atoms with E-state index in [0.29, 0.717) is 37.2 Å². The molecule has 0 aliphatic carbocycles. The maximum absolute atomic E-state index is 13.0. The lowest BCUT2D eigenvalue weighted by Crippen LogP contribution is -2.48. The first-order chi connectivity index (χ1) is 15.9. The molecule has 2 heterocycles. The Hall–Kier alpha value is -3.20. The Balaban J connectivity index is 1.57. The zero-order chi connectivity index (χ0) is 23.8. The van der Waals surface area contributed by atoms with Crippen molar-refractivity contribution in [3.63, 3.8) is 0 Å². The van der Waals surface area contributed by atoms with E-state index in [9.17, 15) is 14.4 Å². The molecule has 0 saturated carbocycles. The predicted molar refractivity (Wildman–Crippen MR) is 130 cm³/mol. The molecule has 33 heavy (non-hydrogen) atoms. The second-order valence-corrected chi connectivity index (χ2v) is 9.18. The van der Waals surface area contributed by atoms with Gasteiger partial charge in [-0.05, 0) is 49.4 Å². The van der Waals surface area contributed by atoms with Gasteiger partial charge in [0.05, 0.1) is 6.54 Å². The highest BCUT2D eigenvalue weighted by molar-refractivity contribution is 7.10. The highest BCUT2D eigenvalue weighted by atomic mass is 32.1. The topological polar surface area (TPSA) is 120 Å². The second-order valence-electron chi connectivity index (χ2n) is 8.18. The summed E-state index contributed by atoms with van der Waals surface area (Å²) in [5.41, 5.74) is 7.99. The third kappa shape index (κ3) is 6.41. The van der Waals surface area contributed by atoms with Gasteiger partial charge in [-0.15, -0.1) is 11.3 Å². The molecule has 1 saturated heterocycles. The molecule has 0 spiro atoms. The number of unbranched alkanes of at least 4 members (excludes halogenated alkanes) is 1. The molecule has 2 aromatic rings. The van der Waals surface area contributed by atoms with Gasteiger partial charge in [0.25, 0.3) is 0 Å². The van der Waals surface area contributed by atoms with Crippen LogP contribution in [0.25, 0.3) is 0 Å². The number of thiophene rings is 1. The van der Waals surface area contributed by atoms with E-state index >= 15 is 0 Å². The van der Waals surface area contributed by atoms with Crippen molar-refractivity contribution < 1.29 is 14.4 Å². The number of benzene rings is 1. The number of anilines is 1. The first-order valence-electron chi connectivity index (χ1n) is 11.2. The van der Waals surface area contributed by atoms with Gasteiger partial charge in [-0.3, -0.25) is 19.8 Å². The van der Waals surface area contributed by atoms with Crippen LogP contribution in [-0.2, 0) is 27.3 Å². The van der Waals surface area contributed by atoms with Gasteiger partial charge in [0.1, 0.15) is 18.4 Å². The average molecular weight is 470 g/mol. The van der Waals surface area contributed by atoms with E-state index in [1.54, 1.807) is 16.3 Å². The minimum atomic E-state index is -0.547. The third-order valence-electron chi connectivity index (χ3n) is 5.80. The van der Waals surface area contributed by atoms with E-state index in [1.165, 1.54) is 21.8 Å². The van der Waals surface area contributed by atoms with Crippen LogP contribution in [-0.4, -0.2) is 48.1 Å². The highest BCUT2D eigenvalue weighted by Crippen LogP contribution is 2.21. The number of rotatable bonds is 11. The molecule has 1 aromatic carbocycles. The maximum Gasteiger partial charge on any atom is 0.243 e. The van der Waals surface area contributed by atoms with Gasteiger partial charge in [-0.1, -0.05) is 25.5 Å². The minimum Gasteiger partial charge on any atom is -0.384 e. The summed E-state index contributed by atoms with van der Waals surface area (Å²) < 4.78 is 0. The van der Waals surface area contributed by atoms with E-state index in [0.717, 1.165) is 30.6 Å². The SMILES string of the molecule is CCCCc1ccc(N(C=O)CC(=O)N2CCC[C@H]2C(=O)NCc2cc(C(=N)N)cs2)cc1. The normalized spacial score (nSPS) is 15.3. The van der Waals surface area contributed by atoms with E-state index < -0.39 is 6.04 Å². The number of nitrogen functional groups attached to an aromatic ring is 1. The van der Waals surface area contributed by atoms with Gasteiger partial charge in [0, 0.05) is 28.1 Å². The predicted octanol–water partition coefficient (Wildman–Crippen LogP) is 2.64. The lowest BCUT2D eigenvalue weighted by atomic mass is 10.1. The second kappa shape index (κ2) is 11.6. The van der Waals surface area contributed by atoms with Crippen molar-refractivity contribution in [1.82, 2.24) is 10.2 Å². The van der Waals surface area contributed by atoms with Crippen molar-refractivity contribution in [2.24, 2.45) is 5.73 Å². The van der Waals surface area contributed by atoms with E-state index in [-0.39, 0.29) is 24.2 Å². The Morgan fingerprint density at radius 3 is 2.73 bits per heavy atom. The lowest BCUT2D eigenvalue weighted by molar-refractivity contribution is -0.137. The van der Waals surface area contributed by atoms with Crippen LogP contribution in [0, 0.1) is 5.41 Å². The van der Waals surface area contributed by atoms with Crippen LogP contribution < -0.4 is 16.0 Å². The van der Waals surface area contributed by atoms with Crippen molar-refractivity contribution in [3.8, 4) is 0 Å². The molecule has 0 bridgehead atoms. The average Bonchev–Trinajstić information content (AvgIpc) is 3.50. The number of carbonyl (C=O) groups is 3. The smallest absolute Gasteiger partial charge is 0.243 e. The monoisotopic (exact) mass is 469 g/mol. The van der Waals surface area contributed by atoms with E-state index in [1.807, 2.05) is 24.3 Å². The van der Waals surface area contributed by atoms with Crippen molar-refractivity contribution in [3.05, 3.63) is 51.7 Å². The van der Waals surface area contributed by atoms with Crippen LogP contribution >= 0.6 is 11.3 Å². The fourth-order valence-electron chi connectivity index (χ4n) is 3.91. The summed E-state index contributed by atoms with van der Waals surface area (Å²) in [5.74, 6) is -0.465. The number of nitrogens with two attached hydrogens (primary N) is 1. The van der Waals surface area contributed by atoms with Crippen LogP contribution in [0.3, 0.4) is 0 Å². The molecule has 1 atom stereocenters. The van der Waals surface area contributed by atoms with Crippen LogP contribution in [0.4, 0.5) is 5.69 Å². The van der Waals surface area contributed by atoms with Crippen molar-refractivity contribution in [2.75, 3.05) is 18.0 Å². The van der Waals surface area contributed by atoms with Gasteiger partial charge in [-0.25, -0.2) is 0 Å². The fraction of sp³-hybridized carbons (Fsp3) is 0.417. The number of nitrogens with one attached hydrogen (secondary N) is 2. The number of hydrogen-bond donors (Lipinski definition) is 3. The molecular weight excluding hydrogens is 438 g/mol. The van der Waals surface area contributed by atoms with Gasteiger partial charge < -0.3 is 20.9 Å². The molecule has 1 fully saturated rings. The molecule has 3 rings (SSSR count). The molecule has 9 heteroatoms. The molecule has 1 aliphatic heterocycles. The van der Waals surface area contributed by atoms with Crippen molar-refractivity contribution in [2.45, 2.75) is 51.6 Å². The number of amides is 3. The summed E-state index contributed by atoms with van der Waals surface area (Å²) in [4.78, 5) is 41.3. The van der Waals surface area contributed by atoms with Crippen LogP contribution in [0.5, 0.6) is 0 Å². The number of amidine groups is 1. The molecule has 0 unspecified atom stereocenters. The molecular formula is C24H31N5O3S. The van der Waals surface area contributed by atoms with Crippen LogP contribution in [0.2, 0.25) is 0 Å². The summed E-state index contributed by atoms with van der Waals surface area (Å²) in [6, 6.07) is 8.92. The minimum absolute atomic E-state index is 0.00766. The standard InChI is InChI=1S/C24H31N5O3S/c1-2-3-5-17-7-9-19(10-8-17)28(16-30)14-22(31)29-11-4-6-21(29)24(32)27-13-20-12-18(15-33-20)23(25)26/h7-10,12,15-16,21H,2-6,11,13-14H2,1H3,(H3,25,26)(H,27,32)/t21-/m0/s1. The summed E-state index contributed by atoms with van der Waals surface area (Å²) >= 11 is 1.42. The Morgan fingerprint density at radius 1 is 1.33 bits per heavy atom. The van der Waals surface area contributed by atoms with Gasteiger partial charge in [-0.2, -0.15) is 0 Å². The number of carbonyl (C=O) groups excluding carboxylic acids is 3. The highest BCUT2D eigenvalue weighted by Gasteiger charge is 2.34. The number of nitrogens with zero attached hydrogens (tertiary/aromatic N) is 2. The maximum atomic E-state index is 13.0. The first kappa shape index (κ1) is 24.4. The van der Waals surface area contributed by atoms with E-state index in [2.05, 4.69) is 12.2 Å². The summed E-state index contributed by atoms with van der Waals surface area (Å²) in [5, 5.41) is 12.1. The molecule has 1 aliphatic rings. The zero-order valence-corrected chi connectivity index (χ0v) is 19.7. The summed E-state index contributed by atoms with van der Waals surface area (Å²) in [6.45, 7) is 2.86. The lowest BCUT2D eigenvalue weighted by Gasteiger charge is -2.26. The quantitative estimate of drug-likeness (QED) is 0.266. The Kier molecular flexibility index (Phi) is 8.59. The van der Waals surface area contributed by atoms with Crippen molar-refractivity contribution >= 4 is 41.1 Å². The number of hydrogen-bond acceptors (Lipinski definition) is 5. The molecule has 0 radical (unpaired) electrons. The number of likely N-dealkylation sites (tertiary alicyclic amines) is 1. The van der Waals surface area contributed by atoms with Crippen molar-refractivity contribution in [1.29, 1.82) is 5.41 Å². The summed E-state index contributed by atoms with van der Waals surface area (Å²) in [6.07, 6.45) is 5.21. The molecule has 4 N–H and O–H groups in total. The molecule has 1 aromatic heterocycles. The third-order valence-corrected chi connectivity index (χ3v) is 6.73. The largest absolute Gasteiger partial charge is 0.384 e. The summed E-state index contributed by atoms with van der Waals surface area (Å²) in [7, 11) is 0. The van der Waals surface area contributed by atoms with Gasteiger partial charge in [0.15, 0.2) is 0 Å². The van der Waals surface area contributed by atoms with Gasteiger partial charge >= 0.3 is 0 Å². The molecule has 176 valence electrons. The van der Waals surface area contributed by atoms with Crippen LogP contribution in [0.1, 0.15) is 48.6 Å². The van der Waals surface area contributed by atoms with E-state index in [4.69, 9.17) is 11.1 Å². The molecule has 3 amide bonds. The number of aryl methyl sites for hydroxylation is 1. The zero-order valence-electron chi connectivity index (χ0n) is 18.9. The Morgan fingerprint density at radius 2 is 2.09 bits per heavy atom. The van der Waals surface area contributed by atoms with Gasteiger partial charge in [0.2, 0.25) is 18.2 Å².